The van der Waals surface area contributed by atoms with Crippen LogP contribution in [0.2, 0.25) is 0 Å². The van der Waals surface area contributed by atoms with Gasteiger partial charge in [0, 0.05) is 18.5 Å². The number of nitrogens with one attached hydrogen (secondary N) is 1. The number of hydrogen-bond acceptors (Lipinski definition) is 2. The zero-order valence-corrected chi connectivity index (χ0v) is 6.52. The Hall–Kier alpha value is -0.0800. The number of rotatable bonds is 0. The minimum absolute atomic E-state index is 0.506. The lowest BCUT2D eigenvalue weighted by atomic mass is 9.76. The molecule has 0 aromatic carbocycles. The minimum atomic E-state index is 0.506. The molecule has 1 unspecified atom stereocenters. The van der Waals surface area contributed by atoms with Gasteiger partial charge in [-0.25, -0.2) is 0 Å². The van der Waals surface area contributed by atoms with Crippen LogP contribution in [0.15, 0.2) is 0 Å². The van der Waals surface area contributed by atoms with Gasteiger partial charge in [0.15, 0.2) is 0 Å². The van der Waals surface area contributed by atoms with Gasteiger partial charge >= 0.3 is 0 Å². The van der Waals surface area contributed by atoms with Gasteiger partial charge in [0.25, 0.3) is 0 Å². The van der Waals surface area contributed by atoms with E-state index in [2.05, 4.69) is 12.2 Å². The van der Waals surface area contributed by atoms with Gasteiger partial charge in [0.2, 0.25) is 0 Å². The molecule has 2 aliphatic rings. The Bertz CT molecular complexity index is 121. The first kappa shape index (κ1) is 6.62. The van der Waals surface area contributed by atoms with Crippen LogP contribution in [0, 0.1) is 5.41 Å². The van der Waals surface area contributed by atoms with Crippen molar-refractivity contribution in [3.63, 3.8) is 0 Å². The molecule has 1 N–H and O–H groups in total. The molecule has 0 aromatic rings. The zero-order valence-electron chi connectivity index (χ0n) is 6.52. The van der Waals surface area contributed by atoms with Gasteiger partial charge in [-0.15, -0.1) is 0 Å². The topological polar surface area (TPSA) is 21.3 Å². The lowest BCUT2D eigenvalue weighted by Gasteiger charge is -2.46. The van der Waals surface area contributed by atoms with Gasteiger partial charge in [-0.05, 0) is 19.8 Å². The molecule has 2 heteroatoms. The fourth-order valence-electron chi connectivity index (χ4n) is 1.74. The van der Waals surface area contributed by atoms with Crippen LogP contribution < -0.4 is 5.32 Å². The predicted octanol–water partition coefficient (Wildman–Crippen LogP) is 0.775. The van der Waals surface area contributed by atoms with Crippen LogP contribution in [0.1, 0.15) is 19.8 Å². The molecule has 10 heavy (non-hydrogen) atoms. The lowest BCUT2D eigenvalue weighted by molar-refractivity contribution is -0.0761. The monoisotopic (exact) mass is 141 g/mol. The van der Waals surface area contributed by atoms with E-state index >= 15 is 0 Å². The summed E-state index contributed by atoms with van der Waals surface area (Å²) in [5.41, 5.74) is 0.548. The molecule has 2 saturated heterocycles. The maximum atomic E-state index is 5.60. The normalized spacial score (nSPS) is 37.5. The Labute approximate surface area is 61.9 Å². The summed E-state index contributed by atoms with van der Waals surface area (Å²) in [6.07, 6.45) is 3.12. The molecule has 0 bridgehead atoms. The highest BCUT2D eigenvalue weighted by Crippen LogP contribution is 2.34. The van der Waals surface area contributed by atoms with Gasteiger partial charge in [0.05, 0.1) is 12.7 Å². The zero-order chi connectivity index (χ0) is 7.03. The highest BCUT2D eigenvalue weighted by atomic mass is 16.5. The van der Waals surface area contributed by atoms with Crippen molar-refractivity contribution < 1.29 is 4.74 Å². The van der Waals surface area contributed by atoms with E-state index in [4.69, 9.17) is 4.74 Å². The molecular formula is C8H15NO. The van der Waals surface area contributed by atoms with Crippen LogP contribution in [0.5, 0.6) is 0 Å². The van der Waals surface area contributed by atoms with E-state index in [1.165, 1.54) is 25.9 Å². The standard InChI is InChI=1S/C8H15NO/c1-7-2-3-8(6-10-7)4-9-5-8/h7,9H,2-6H2,1H3. The molecule has 0 aromatic heterocycles. The number of ether oxygens (including phenoxy) is 1. The van der Waals surface area contributed by atoms with E-state index < -0.39 is 0 Å². The summed E-state index contributed by atoms with van der Waals surface area (Å²) in [6.45, 7) is 5.51. The molecule has 0 radical (unpaired) electrons. The average Bonchev–Trinajstić information content (AvgIpc) is 1.86. The SMILES string of the molecule is CC1CCC2(CNC2)CO1. The molecule has 0 saturated carbocycles. The van der Waals surface area contributed by atoms with Crippen molar-refractivity contribution in [3.05, 3.63) is 0 Å². The van der Waals surface area contributed by atoms with Gasteiger partial charge in [-0.3, -0.25) is 0 Å². The summed E-state index contributed by atoms with van der Waals surface area (Å²) in [5.74, 6) is 0. The molecule has 1 atom stereocenters. The third-order valence-electron chi connectivity index (χ3n) is 2.76. The Kier molecular flexibility index (Phi) is 1.46. The Balaban J connectivity index is 1.90. The maximum absolute atomic E-state index is 5.60. The van der Waals surface area contributed by atoms with Crippen LogP contribution >= 0.6 is 0 Å². The van der Waals surface area contributed by atoms with Crippen LogP contribution in [-0.2, 0) is 4.74 Å². The highest BCUT2D eigenvalue weighted by molar-refractivity contribution is 4.94. The summed E-state index contributed by atoms with van der Waals surface area (Å²) >= 11 is 0. The average molecular weight is 141 g/mol. The fraction of sp³-hybridized carbons (Fsp3) is 1.00. The Morgan fingerprint density at radius 1 is 1.50 bits per heavy atom. The first-order chi connectivity index (χ1) is 4.81. The van der Waals surface area contributed by atoms with Crippen LogP contribution in [0.25, 0.3) is 0 Å². The molecule has 2 aliphatic heterocycles. The van der Waals surface area contributed by atoms with E-state index in [-0.39, 0.29) is 0 Å². The van der Waals surface area contributed by atoms with E-state index in [9.17, 15) is 0 Å². The molecule has 2 heterocycles. The molecule has 58 valence electrons. The van der Waals surface area contributed by atoms with Gasteiger partial charge in [-0.1, -0.05) is 0 Å². The van der Waals surface area contributed by atoms with Crippen molar-refractivity contribution in [1.82, 2.24) is 5.32 Å². The largest absolute Gasteiger partial charge is 0.378 e. The second-order valence-corrected chi connectivity index (χ2v) is 3.76. The van der Waals surface area contributed by atoms with E-state index in [1.807, 2.05) is 0 Å². The molecule has 0 aliphatic carbocycles. The maximum Gasteiger partial charge on any atom is 0.0550 e. The summed E-state index contributed by atoms with van der Waals surface area (Å²) in [7, 11) is 0. The first-order valence-electron chi connectivity index (χ1n) is 4.13. The van der Waals surface area contributed by atoms with Gasteiger partial charge in [0.1, 0.15) is 0 Å². The third-order valence-corrected chi connectivity index (χ3v) is 2.76. The first-order valence-corrected chi connectivity index (χ1v) is 4.13. The number of hydrogen-bond donors (Lipinski definition) is 1. The summed E-state index contributed by atoms with van der Waals surface area (Å²) in [5, 5.41) is 3.31. The van der Waals surface area contributed by atoms with Crippen molar-refractivity contribution >= 4 is 0 Å². The quantitative estimate of drug-likeness (QED) is 0.538. The van der Waals surface area contributed by atoms with Crippen molar-refractivity contribution in [3.8, 4) is 0 Å². The van der Waals surface area contributed by atoms with Crippen molar-refractivity contribution in [1.29, 1.82) is 0 Å². The molecular weight excluding hydrogens is 126 g/mol. The Morgan fingerprint density at radius 3 is 2.70 bits per heavy atom. The smallest absolute Gasteiger partial charge is 0.0550 e. The molecule has 1 spiro atoms. The van der Waals surface area contributed by atoms with E-state index in [0.29, 0.717) is 11.5 Å². The summed E-state index contributed by atoms with van der Waals surface area (Å²) in [6, 6.07) is 0. The van der Waals surface area contributed by atoms with Crippen LogP contribution in [-0.4, -0.2) is 25.8 Å². The second-order valence-electron chi connectivity index (χ2n) is 3.76. The highest BCUT2D eigenvalue weighted by Gasteiger charge is 2.39. The van der Waals surface area contributed by atoms with Crippen molar-refractivity contribution in [2.45, 2.75) is 25.9 Å². The Morgan fingerprint density at radius 2 is 2.30 bits per heavy atom. The molecule has 2 rings (SSSR count). The predicted molar refractivity (Wildman–Crippen MR) is 40.0 cm³/mol. The molecule has 2 nitrogen and oxygen atoms in total. The molecule has 2 fully saturated rings. The third kappa shape index (κ3) is 0.956. The van der Waals surface area contributed by atoms with Crippen molar-refractivity contribution in [2.75, 3.05) is 19.7 Å². The van der Waals surface area contributed by atoms with Crippen LogP contribution in [0.3, 0.4) is 0 Å². The summed E-state index contributed by atoms with van der Waals surface area (Å²) in [4.78, 5) is 0. The van der Waals surface area contributed by atoms with Crippen molar-refractivity contribution in [2.24, 2.45) is 5.41 Å². The fourth-order valence-corrected chi connectivity index (χ4v) is 1.74. The summed E-state index contributed by atoms with van der Waals surface area (Å²) < 4.78 is 5.60. The van der Waals surface area contributed by atoms with Gasteiger partial charge < -0.3 is 10.1 Å². The molecule has 0 amide bonds. The lowest BCUT2D eigenvalue weighted by Crippen LogP contribution is -2.58. The van der Waals surface area contributed by atoms with Gasteiger partial charge in [-0.2, -0.15) is 0 Å². The second kappa shape index (κ2) is 2.21. The van der Waals surface area contributed by atoms with Crippen LogP contribution in [0.4, 0.5) is 0 Å². The van der Waals surface area contributed by atoms with E-state index in [1.54, 1.807) is 0 Å². The minimum Gasteiger partial charge on any atom is -0.378 e. The van der Waals surface area contributed by atoms with E-state index in [0.717, 1.165) is 6.61 Å².